The number of rotatable bonds is 6. The second-order valence-electron chi connectivity index (χ2n) is 4.71. The van der Waals surface area contributed by atoms with E-state index in [-0.39, 0.29) is 0 Å². The molecule has 15 heavy (non-hydrogen) atoms. The van der Waals surface area contributed by atoms with Crippen molar-refractivity contribution in [1.29, 1.82) is 0 Å². The van der Waals surface area contributed by atoms with Gasteiger partial charge < -0.3 is 14.8 Å². The van der Waals surface area contributed by atoms with E-state index in [1.54, 1.807) is 7.11 Å². The van der Waals surface area contributed by atoms with Crippen LogP contribution in [0, 0.1) is 11.8 Å². The van der Waals surface area contributed by atoms with Crippen molar-refractivity contribution in [2.24, 2.45) is 11.8 Å². The molecule has 0 aromatic rings. The van der Waals surface area contributed by atoms with Gasteiger partial charge in [-0.15, -0.1) is 0 Å². The van der Waals surface area contributed by atoms with Crippen LogP contribution in [0.4, 0.5) is 0 Å². The summed E-state index contributed by atoms with van der Waals surface area (Å²) < 4.78 is 10.8. The van der Waals surface area contributed by atoms with E-state index in [4.69, 9.17) is 9.47 Å². The van der Waals surface area contributed by atoms with Crippen molar-refractivity contribution in [3.8, 4) is 0 Å². The fourth-order valence-corrected chi connectivity index (χ4v) is 2.57. The average Bonchev–Trinajstić information content (AvgIpc) is 2.63. The Morgan fingerprint density at radius 3 is 2.73 bits per heavy atom. The minimum absolute atomic E-state index is 0.431. The largest absolute Gasteiger partial charge is 0.385 e. The number of methoxy groups -OCH3 is 1. The average molecular weight is 215 g/mol. The number of hydrogen-bond donors (Lipinski definition) is 1. The molecule has 0 bridgehead atoms. The van der Waals surface area contributed by atoms with Crippen molar-refractivity contribution in [3.05, 3.63) is 0 Å². The van der Waals surface area contributed by atoms with Gasteiger partial charge in [-0.2, -0.15) is 0 Å². The molecule has 1 rings (SSSR count). The molecule has 1 fully saturated rings. The minimum Gasteiger partial charge on any atom is -0.385 e. The molecule has 0 aromatic carbocycles. The maximum absolute atomic E-state index is 5.63. The summed E-state index contributed by atoms with van der Waals surface area (Å²) in [6.45, 7) is 6.21. The highest BCUT2D eigenvalue weighted by Gasteiger charge is 2.31. The Kier molecular flexibility index (Phi) is 5.58. The van der Waals surface area contributed by atoms with Gasteiger partial charge in [-0.05, 0) is 32.7 Å². The van der Waals surface area contributed by atoms with Gasteiger partial charge in [-0.3, -0.25) is 0 Å². The molecule has 90 valence electrons. The highest BCUT2D eigenvalue weighted by molar-refractivity contribution is 4.84. The van der Waals surface area contributed by atoms with Crippen LogP contribution in [-0.2, 0) is 9.47 Å². The topological polar surface area (TPSA) is 30.5 Å². The first-order valence-corrected chi connectivity index (χ1v) is 5.96. The predicted octanol–water partition coefficient (Wildman–Crippen LogP) is 1.67. The second kappa shape index (κ2) is 6.46. The fraction of sp³-hybridized carbons (Fsp3) is 1.00. The molecule has 0 aromatic heterocycles. The van der Waals surface area contributed by atoms with Crippen LogP contribution in [0.2, 0.25) is 0 Å². The zero-order chi connectivity index (χ0) is 11.3. The van der Waals surface area contributed by atoms with Crippen molar-refractivity contribution in [3.63, 3.8) is 0 Å². The van der Waals surface area contributed by atoms with Gasteiger partial charge in [0.1, 0.15) is 0 Å². The van der Waals surface area contributed by atoms with Crippen LogP contribution in [0.5, 0.6) is 0 Å². The first-order valence-electron chi connectivity index (χ1n) is 5.96. The summed E-state index contributed by atoms with van der Waals surface area (Å²) >= 11 is 0. The first-order chi connectivity index (χ1) is 7.19. The molecule has 4 atom stereocenters. The Morgan fingerprint density at radius 1 is 1.53 bits per heavy atom. The van der Waals surface area contributed by atoms with Crippen molar-refractivity contribution < 1.29 is 9.47 Å². The van der Waals surface area contributed by atoms with Crippen molar-refractivity contribution in [2.45, 2.75) is 38.8 Å². The van der Waals surface area contributed by atoms with Gasteiger partial charge in [0.2, 0.25) is 0 Å². The molecule has 0 saturated carbocycles. The maximum atomic E-state index is 5.63. The van der Waals surface area contributed by atoms with E-state index in [9.17, 15) is 0 Å². The van der Waals surface area contributed by atoms with Crippen LogP contribution in [0.25, 0.3) is 0 Å². The molecule has 3 nitrogen and oxygen atoms in total. The van der Waals surface area contributed by atoms with Gasteiger partial charge in [0.05, 0.1) is 12.7 Å². The molecule has 4 unspecified atom stereocenters. The van der Waals surface area contributed by atoms with Crippen molar-refractivity contribution >= 4 is 0 Å². The third kappa shape index (κ3) is 3.74. The third-order valence-electron chi connectivity index (χ3n) is 3.46. The number of nitrogens with one attached hydrogen (secondary N) is 1. The molecule has 1 aliphatic rings. The molecule has 0 aliphatic carbocycles. The molecule has 0 amide bonds. The lowest BCUT2D eigenvalue weighted by molar-refractivity contribution is 0.111. The van der Waals surface area contributed by atoms with Crippen LogP contribution in [0.1, 0.15) is 26.7 Å². The summed E-state index contributed by atoms with van der Waals surface area (Å²) in [6.07, 6.45) is 2.73. The van der Waals surface area contributed by atoms with Gasteiger partial charge in [0.15, 0.2) is 0 Å². The molecule has 1 heterocycles. The summed E-state index contributed by atoms with van der Waals surface area (Å²) in [6, 6.07) is 0.560. The molecule has 1 N–H and O–H groups in total. The van der Waals surface area contributed by atoms with Crippen LogP contribution < -0.4 is 5.32 Å². The standard InChI is InChI=1S/C12H25NO2/c1-9(5-6-14-4)12(13-3)11-7-10(2)15-8-11/h9-13H,5-8H2,1-4H3. The highest BCUT2D eigenvalue weighted by atomic mass is 16.5. The zero-order valence-electron chi connectivity index (χ0n) is 10.5. The van der Waals surface area contributed by atoms with Gasteiger partial charge in [-0.1, -0.05) is 6.92 Å². The Bertz CT molecular complexity index is 175. The minimum atomic E-state index is 0.431. The molecule has 0 radical (unpaired) electrons. The van der Waals surface area contributed by atoms with Gasteiger partial charge in [-0.25, -0.2) is 0 Å². The maximum Gasteiger partial charge on any atom is 0.0551 e. The van der Waals surface area contributed by atoms with Crippen molar-refractivity contribution in [2.75, 3.05) is 27.4 Å². The zero-order valence-corrected chi connectivity index (χ0v) is 10.5. The van der Waals surface area contributed by atoms with E-state index in [0.29, 0.717) is 24.0 Å². The Labute approximate surface area is 93.5 Å². The van der Waals surface area contributed by atoms with Crippen LogP contribution in [0.15, 0.2) is 0 Å². The second-order valence-corrected chi connectivity index (χ2v) is 4.71. The van der Waals surface area contributed by atoms with Gasteiger partial charge in [0.25, 0.3) is 0 Å². The lowest BCUT2D eigenvalue weighted by atomic mass is 9.86. The summed E-state index contributed by atoms with van der Waals surface area (Å²) in [4.78, 5) is 0. The molecule has 3 heteroatoms. The SMILES string of the molecule is CNC(C(C)CCOC)C1COC(C)C1. The van der Waals surface area contributed by atoms with E-state index in [1.165, 1.54) is 6.42 Å². The summed E-state index contributed by atoms with van der Waals surface area (Å²) in [5.74, 6) is 1.31. The van der Waals surface area contributed by atoms with Gasteiger partial charge in [0, 0.05) is 25.7 Å². The van der Waals surface area contributed by atoms with E-state index in [2.05, 4.69) is 26.2 Å². The molecule has 1 aliphatic heterocycles. The molecular weight excluding hydrogens is 190 g/mol. The quantitative estimate of drug-likeness (QED) is 0.731. The Hall–Kier alpha value is -0.120. The summed E-state index contributed by atoms with van der Waals surface area (Å²) in [5, 5.41) is 3.44. The lowest BCUT2D eigenvalue weighted by Gasteiger charge is -2.28. The van der Waals surface area contributed by atoms with Crippen molar-refractivity contribution in [1.82, 2.24) is 5.32 Å². The monoisotopic (exact) mass is 215 g/mol. The molecule has 1 saturated heterocycles. The van der Waals surface area contributed by atoms with E-state index in [1.807, 2.05) is 0 Å². The van der Waals surface area contributed by atoms with E-state index < -0.39 is 0 Å². The highest BCUT2D eigenvalue weighted by Crippen LogP contribution is 2.27. The number of ether oxygens (including phenoxy) is 2. The fourth-order valence-electron chi connectivity index (χ4n) is 2.57. The molecular formula is C12H25NO2. The van der Waals surface area contributed by atoms with Gasteiger partial charge >= 0.3 is 0 Å². The summed E-state index contributed by atoms with van der Waals surface area (Å²) in [5.41, 5.74) is 0. The predicted molar refractivity (Wildman–Crippen MR) is 62.0 cm³/mol. The van der Waals surface area contributed by atoms with Crippen LogP contribution in [0.3, 0.4) is 0 Å². The molecule has 0 spiro atoms. The smallest absolute Gasteiger partial charge is 0.0551 e. The Morgan fingerprint density at radius 2 is 2.27 bits per heavy atom. The number of hydrogen-bond acceptors (Lipinski definition) is 3. The lowest BCUT2D eigenvalue weighted by Crippen LogP contribution is -2.40. The first kappa shape index (κ1) is 12.9. The normalized spacial score (nSPS) is 30.4. The Balaban J connectivity index is 2.40. The third-order valence-corrected chi connectivity index (χ3v) is 3.46. The van der Waals surface area contributed by atoms with E-state index in [0.717, 1.165) is 19.6 Å². The van der Waals surface area contributed by atoms with Crippen LogP contribution >= 0.6 is 0 Å². The summed E-state index contributed by atoms with van der Waals surface area (Å²) in [7, 11) is 3.82. The van der Waals surface area contributed by atoms with Crippen LogP contribution in [-0.4, -0.2) is 39.5 Å². The van der Waals surface area contributed by atoms with E-state index >= 15 is 0 Å².